The first-order chi connectivity index (χ1) is 26.6. The molecule has 0 radical (unpaired) electrons. The summed E-state index contributed by atoms with van der Waals surface area (Å²) in [5, 5.41) is 11.1. The summed E-state index contributed by atoms with van der Waals surface area (Å²) < 4.78 is 0. The minimum absolute atomic E-state index is 0. The standard InChI is InChI=1S/2C24H20P.O3P/c2*1-5-13-21(14-6-1)25(22-15-7-2-8-16-22,23-17-9-3-10-18-23)24-19-11-4-12-20-24;1-4(2)3/h2*1-20H;/q2*+1;-3/p+1. The second-order valence-corrected chi connectivity index (χ2v) is 19.5. The third-order valence-corrected chi connectivity index (χ3v) is 17.7. The summed E-state index contributed by atoms with van der Waals surface area (Å²) in [6.45, 7) is 0. The van der Waals surface area contributed by atoms with Crippen molar-refractivity contribution in [1.29, 1.82) is 0 Å². The first-order valence-corrected chi connectivity index (χ1v) is 22.3. The Morgan fingerprint density at radius 1 is 0.222 bits per heavy atom. The molecule has 8 rings (SSSR count). The van der Waals surface area contributed by atoms with Crippen LogP contribution in [-0.4, -0.2) is 0 Å². The van der Waals surface area contributed by atoms with Gasteiger partial charge in [0.05, 0.1) is 0 Å². The average Bonchev–Trinajstić information content (AvgIpc) is 3.25. The normalized spacial score (nSPS) is 11.0. The van der Waals surface area contributed by atoms with E-state index in [1.54, 1.807) is 0 Å². The van der Waals surface area contributed by atoms with Crippen LogP contribution in [0.25, 0.3) is 0 Å². The maximum Gasteiger partial charge on any atom is 1.00 e. The van der Waals surface area contributed by atoms with Gasteiger partial charge in [-0.1, -0.05) is 146 Å². The van der Waals surface area contributed by atoms with Gasteiger partial charge in [0.1, 0.15) is 57.0 Å². The van der Waals surface area contributed by atoms with Gasteiger partial charge in [-0.05, 0) is 97.1 Å². The Bertz CT molecular complexity index is 1740. The van der Waals surface area contributed by atoms with Gasteiger partial charge in [0, 0.05) is 0 Å². The van der Waals surface area contributed by atoms with Crippen molar-refractivity contribution in [3.63, 3.8) is 0 Å². The van der Waals surface area contributed by atoms with E-state index in [1.807, 2.05) is 0 Å². The van der Waals surface area contributed by atoms with E-state index in [-0.39, 0.29) is 1.43 Å². The zero-order chi connectivity index (χ0) is 37.5. The molecule has 0 saturated carbocycles. The predicted octanol–water partition coefficient (Wildman–Crippen LogP) is 6.02. The second-order valence-electron chi connectivity index (χ2n) is 12.2. The Morgan fingerprint density at radius 3 is 0.407 bits per heavy atom. The maximum absolute atomic E-state index is 8.48. The molecule has 3 nitrogen and oxygen atoms in total. The lowest BCUT2D eigenvalue weighted by Crippen LogP contribution is -2.38. The summed E-state index contributed by atoms with van der Waals surface area (Å²) in [4.78, 5) is 25.4. The molecule has 8 aromatic carbocycles. The van der Waals surface area contributed by atoms with Crippen LogP contribution in [0.4, 0.5) is 0 Å². The Kier molecular flexibility index (Phi) is 13.8. The first kappa shape index (κ1) is 38.6. The van der Waals surface area contributed by atoms with Gasteiger partial charge in [-0.15, -0.1) is 0 Å². The van der Waals surface area contributed by atoms with Gasteiger partial charge < -0.3 is 23.3 Å². The van der Waals surface area contributed by atoms with Gasteiger partial charge in [-0.2, -0.15) is 0 Å². The highest BCUT2D eigenvalue weighted by molar-refractivity contribution is 8.02. The summed E-state index contributed by atoms with van der Waals surface area (Å²) in [6, 6.07) is 87.7. The van der Waals surface area contributed by atoms with E-state index < -0.39 is 23.1 Å². The molecular weight excluding hydrogens is 717 g/mol. The van der Waals surface area contributed by atoms with Crippen molar-refractivity contribution >= 4 is 65.6 Å². The number of rotatable bonds is 8. The molecule has 0 aromatic heterocycles. The van der Waals surface area contributed by atoms with Crippen molar-refractivity contribution in [3.05, 3.63) is 243 Å². The Morgan fingerprint density at radius 2 is 0.315 bits per heavy atom. The van der Waals surface area contributed by atoms with Crippen LogP contribution in [0.3, 0.4) is 0 Å². The lowest BCUT2D eigenvalue weighted by molar-refractivity contribution is -0.407. The molecular formula is C48H41O3P3. The topological polar surface area (TPSA) is 69.2 Å². The highest BCUT2D eigenvalue weighted by Gasteiger charge is 2.48. The van der Waals surface area contributed by atoms with E-state index in [0.29, 0.717) is 0 Å². The zero-order valence-electron chi connectivity index (χ0n) is 30.7. The van der Waals surface area contributed by atoms with Crippen LogP contribution >= 0.6 is 23.1 Å². The van der Waals surface area contributed by atoms with E-state index in [4.69, 9.17) is 14.7 Å². The largest absolute Gasteiger partial charge is 1.00 e. The molecule has 0 bridgehead atoms. The quantitative estimate of drug-likeness (QED) is 0.178. The highest BCUT2D eigenvalue weighted by atomic mass is 31.2. The van der Waals surface area contributed by atoms with E-state index >= 15 is 0 Å². The molecule has 0 saturated heterocycles. The van der Waals surface area contributed by atoms with Crippen molar-refractivity contribution < 1.29 is 16.1 Å². The Balaban J connectivity index is 0.000000189. The molecule has 0 heterocycles. The Labute approximate surface area is 323 Å². The van der Waals surface area contributed by atoms with Crippen molar-refractivity contribution in [2.45, 2.75) is 0 Å². The van der Waals surface area contributed by atoms with Gasteiger partial charge in [0.15, 0.2) is 0 Å². The summed E-state index contributed by atoms with van der Waals surface area (Å²) in [5.74, 6) is 0. The average molecular weight is 759 g/mol. The molecule has 0 aliphatic carbocycles. The third kappa shape index (κ3) is 8.66. The molecule has 0 spiro atoms. The number of hydrogen-bond acceptors (Lipinski definition) is 3. The van der Waals surface area contributed by atoms with Crippen molar-refractivity contribution in [3.8, 4) is 0 Å². The van der Waals surface area contributed by atoms with E-state index in [2.05, 4.69) is 243 Å². The molecule has 0 fully saturated rings. The molecule has 0 aliphatic heterocycles. The van der Waals surface area contributed by atoms with Crippen LogP contribution in [-0.2, 0) is 0 Å². The molecule has 0 unspecified atom stereocenters. The van der Waals surface area contributed by atoms with Gasteiger partial charge in [0.25, 0.3) is 0 Å². The highest BCUT2D eigenvalue weighted by Crippen LogP contribution is 2.55. The van der Waals surface area contributed by atoms with Crippen LogP contribution in [0.15, 0.2) is 243 Å². The minimum atomic E-state index is -3.37. The Hall–Kier alpha value is -5.07. The summed E-state index contributed by atoms with van der Waals surface area (Å²) in [5.41, 5.74) is 0. The molecule has 0 N–H and O–H groups in total. The molecule has 54 heavy (non-hydrogen) atoms. The molecule has 0 atom stereocenters. The van der Waals surface area contributed by atoms with Crippen LogP contribution in [0.5, 0.6) is 0 Å². The van der Waals surface area contributed by atoms with Gasteiger partial charge in [-0.25, -0.2) is 0 Å². The van der Waals surface area contributed by atoms with E-state index in [0.717, 1.165) is 0 Å². The number of benzene rings is 8. The maximum atomic E-state index is 8.48. The fraction of sp³-hybridized carbons (Fsp3) is 0. The van der Waals surface area contributed by atoms with Crippen molar-refractivity contribution in [2.24, 2.45) is 0 Å². The van der Waals surface area contributed by atoms with Gasteiger partial charge in [0.2, 0.25) is 0 Å². The van der Waals surface area contributed by atoms with Crippen molar-refractivity contribution in [1.82, 2.24) is 0 Å². The lowest BCUT2D eigenvalue weighted by atomic mass is 10.3. The minimum Gasteiger partial charge on any atom is -0.854 e. The monoisotopic (exact) mass is 758 g/mol. The van der Waals surface area contributed by atoms with Crippen LogP contribution in [0.2, 0.25) is 0 Å². The predicted molar refractivity (Wildman–Crippen MR) is 230 cm³/mol. The van der Waals surface area contributed by atoms with Gasteiger partial charge >= 0.3 is 1.43 Å². The van der Waals surface area contributed by atoms with Crippen LogP contribution < -0.4 is 57.1 Å². The SMILES string of the molecule is [H+].[O-]P([O-])[O-].c1ccc([P+](c2ccccc2)(c2ccccc2)c2ccccc2)cc1.c1ccc([P+](c2ccccc2)(c2ccccc2)c2ccccc2)cc1. The molecule has 0 amide bonds. The van der Waals surface area contributed by atoms with E-state index in [9.17, 15) is 0 Å². The van der Waals surface area contributed by atoms with Gasteiger partial charge in [-0.3, -0.25) is 0 Å². The van der Waals surface area contributed by atoms with E-state index in [1.165, 1.54) is 42.4 Å². The fourth-order valence-corrected chi connectivity index (χ4v) is 15.5. The molecule has 8 aromatic rings. The molecule has 6 heteroatoms. The lowest BCUT2D eigenvalue weighted by Gasteiger charge is -2.39. The third-order valence-electron chi connectivity index (χ3n) is 9.15. The number of hydrogen-bond donors (Lipinski definition) is 0. The fourth-order valence-electron chi connectivity index (χ4n) is 7.00. The second kappa shape index (κ2) is 19.3. The van der Waals surface area contributed by atoms with Crippen molar-refractivity contribution in [2.75, 3.05) is 0 Å². The molecule has 266 valence electrons. The summed E-state index contributed by atoms with van der Waals surface area (Å²) in [6.07, 6.45) is 0. The van der Waals surface area contributed by atoms with Crippen LogP contribution in [0.1, 0.15) is 1.43 Å². The first-order valence-electron chi connectivity index (χ1n) is 17.6. The summed E-state index contributed by atoms with van der Waals surface area (Å²) in [7, 11) is -7.18. The smallest absolute Gasteiger partial charge is 0.854 e. The summed E-state index contributed by atoms with van der Waals surface area (Å²) >= 11 is 0. The van der Waals surface area contributed by atoms with Crippen LogP contribution in [0, 0.1) is 0 Å². The molecule has 0 aliphatic rings. The zero-order valence-corrected chi connectivity index (χ0v) is 32.3.